The molecule has 196 valence electrons. The van der Waals surface area contributed by atoms with Crippen LogP contribution in [0.5, 0.6) is 5.88 Å². The molecule has 1 aliphatic carbocycles. The highest BCUT2D eigenvalue weighted by Gasteiger charge is 2.50. The third-order valence-corrected chi connectivity index (χ3v) is 10.2. The topological polar surface area (TPSA) is 86.2 Å². The highest BCUT2D eigenvalue weighted by atomic mass is 35.5. The first-order chi connectivity index (χ1) is 17.7. The minimum atomic E-state index is -1.14. The van der Waals surface area contributed by atoms with Crippen molar-refractivity contribution in [2.24, 2.45) is 5.41 Å². The molecule has 2 aliphatic rings. The van der Waals surface area contributed by atoms with E-state index in [1.54, 1.807) is 19.5 Å². The second-order valence-corrected chi connectivity index (χ2v) is 14.0. The fraction of sp³-hybridized carbons (Fsp3) is 0.444. The number of benzene rings is 1. The first-order valence-electron chi connectivity index (χ1n) is 12.4. The molecule has 1 aromatic carbocycles. The number of nitrogens with zero attached hydrogens (tertiary/aromatic N) is 4. The van der Waals surface area contributed by atoms with Crippen LogP contribution < -0.4 is 14.4 Å². The van der Waals surface area contributed by atoms with Gasteiger partial charge < -0.3 is 14.2 Å². The molecule has 1 aliphatic heterocycles. The molecule has 37 heavy (non-hydrogen) atoms. The van der Waals surface area contributed by atoms with E-state index in [0.29, 0.717) is 10.9 Å². The maximum Gasteiger partial charge on any atom is 0.233 e. The minimum absolute atomic E-state index is 0.0431. The number of methoxy groups -OCH3 is 1. The van der Waals surface area contributed by atoms with Gasteiger partial charge in [0.25, 0.3) is 0 Å². The number of rotatable bonds is 6. The zero-order valence-corrected chi connectivity index (χ0v) is 23.9. The van der Waals surface area contributed by atoms with Gasteiger partial charge in [0, 0.05) is 41.0 Å². The predicted molar refractivity (Wildman–Crippen MR) is 150 cm³/mol. The molecule has 1 N–H and O–H groups in total. The lowest BCUT2D eigenvalue weighted by molar-refractivity contribution is 0.176. The third-order valence-electron chi connectivity index (χ3n) is 7.23. The Morgan fingerprint density at radius 1 is 1.14 bits per heavy atom. The second kappa shape index (κ2) is 10.6. The molecule has 0 radical (unpaired) electrons. The van der Waals surface area contributed by atoms with Gasteiger partial charge in [-0.05, 0) is 57.2 Å². The van der Waals surface area contributed by atoms with Crippen LogP contribution in [-0.4, -0.2) is 44.5 Å². The lowest BCUT2D eigenvalue weighted by atomic mass is 9.73. The van der Waals surface area contributed by atoms with Crippen molar-refractivity contribution in [3.05, 3.63) is 65.1 Å². The van der Waals surface area contributed by atoms with Gasteiger partial charge in [-0.1, -0.05) is 47.6 Å². The quantitative estimate of drug-likeness (QED) is 0.391. The van der Waals surface area contributed by atoms with Crippen molar-refractivity contribution in [1.29, 1.82) is 0 Å². The summed E-state index contributed by atoms with van der Waals surface area (Å²) in [7, 11) is 1.55. The molecular formula is C27H32ClN5O2S2. The Morgan fingerprint density at radius 2 is 1.89 bits per heavy atom. The standard InChI is InChI=1S/C27H32ClN5O2S2/c1-26(2,3)37(34)32-24-19-8-6-5-7-18(19)15-27(24)10-13-33(14-11-27)21-16-31-22(17-30-21)36-20-9-12-29-25(35-4)23(20)28/h5-9,12,16-17,24,32H,10-11,13-15H2,1-4H3/t24-,37-/m1/s1. The molecule has 2 atom stereocenters. The van der Waals surface area contributed by atoms with E-state index in [0.717, 1.165) is 48.1 Å². The molecule has 0 unspecified atom stereocenters. The van der Waals surface area contributed by atoms with Crippen molar-refractivity contribution >= 4 is 40.5 Å². The van der Waals surface area contributed by atoms with E-state index in [4.69, 9.17) is 21.3 Å². The van der Waals surface area contributed by atoms with Crippen LogP contribution in [0.3, 0.4) is 0 Å². The van der Waals surface area contributed by atoms with Gasteiger partial charge in [0.05, 0.1) is 25.5 Å². The molecule has 2 aromatic heterocycles. The maximum atomic E-state index is 13.1. The normalized spacial score (nSPS) is 19.6. The Balaban J connectivity index is 1.28. The average molecular weight is 558 g/mol. The molecule has 1 saturated heterocycles. The lowest BCUT2D eigenvalue weighted by Crippen LogP contribution is -2.49. The van der Waals surface area contributed by atoms with Crippen LogP contribution >= 0.6 is 23.4 Å². The van der Waals surface area contributed by atoms with E-state index in [2.05, 4.69) is 43.9 Å². The summed E-state index contributed by atoms with van der Waals surface area (Å²) in [5.41, 5.74) is 2.70. The third kappa shape index (κ3) is 5.43. The summed E-state index contributed by atoms with van der Waals surface area (Å²) in [5, 5.41) is 1.22. The fourth-order valence-electron chi connectivity index (χ4n) is 5.17. The average Bonchev–Trinajstić information content (AvgIpc) is 3.18. The van der Waals surface area contributed by atoms with E-state index in [1.165, 1.54) is 22.9 Å². The summed E-state index contributed by atoms with van der Waals surface area (Å²) in [6, 6.07) is 10.5. The summed E-state index contributed by atoms with van der Waals surface area (Å²) in [6.45, 7) is 7.82. The fourth-order valence-corrected chi connectivity index (χ4v) is 7.17. The Bertz CT molecular complexity index is 1250. The van der Waals surface area contributed by atoms with Crippen molar-refractivity contribution in [1.82, 2.24) is 19.7 Å². The highest BCUT2D eigenvalue weighted by Crippen LogP contribution is 2.52. The number of anilines is 1. The molecular weight excluding hydrogens is 526 g/mol. The molecule has 0 amide bonds. The zero-order valence-electron chi connectivity index (χ0n) is 21.5. The Labute approximate surface area is 231 Å². The van der Waals surface area contributed by atoms with Gasteiger partial charge in [0.1, 0.15) is 20.6 Å². The van der Waals surface area contributed by atoms with E-state index < -0.39 is 11.4 Å². The molecule has 5 rings (SSSR count). The van der Waals surface area contributed by atoms with Gasteiger partial charge >= 0.3 is 0 Å². The Morgan fingerprint density at radius 3 is 2.57 bits per heavy atom. The van der Waals surface area contributed by atoms with Gasteiger partial charge in [0.2, 0.25) is 5.88 Å². The van der Waals surface area contributed by atoms with E-state index in [-0.39, 0.29) is 16.2 Å². The molecule has 1 spiro atoms. The van der Waals surface area contributed by atoms with Crippen molar-refractivity contribution < 1.29 is 9.29 Å². The van der Waals surface area contributed by atoms with Crippen LogP contribution in [0.4, 0.5) is 5.82 Å². The highest BCUT2D eigenvalue weighted by molar-refractivity contribution is 7.99. The zero-order chi connectivity index (χ0) is 26.2. The monoisotopic (exact) mass is 557 g/mol. The summed E-state index contributed by atoms with van der Waals surface area (Å²) in [6.07, 6.45) is 8.28. The SMILES string of the molecule is COc1nccc(Sc2cnc(N3CCC4(CC3)Cc3ccccc3[C@H]4N[S@+]([O-])C(C)(C)C)cn2)c1Cl. The number of pyridine rings is 1. The number of hydrogen-bond donors (Lipinski definition) is 1. The van der Waals surface area contributed by atoms with E-state index in [9.17, 15) is 4.55 Å². The molecule has 1 fully saturated rings. The maximum absolute atomic E-state index is 13.1. The summed E-state index contributed by atoms with van der Waals surface area (Å²) < 4.78 is 21.5. The van der Waals surface area contributed by atoms with E-state index in [1.807, 2.05) is 33.0 Å². The molecule has 3 aromatic rings. The number of piperidine rings is 1. The smallest absolute Gasteiger partial charge is 0.233 e. The molecule has 10 heteroatoms. The van der Waals surface area contributed by atoms with Crippen molar-refractivity contribution in [3.63, 3.8) is 0 Å². The number of fused-ring (bicyclic) bond motifs is 1. The van der Waals surface area contributed by atoms with Crippen LogP contribution in [0, 0.1) is 5.41 Å². The number of halogens is 1. The predicted octanol–water partition coefficient (Wildman–Crippen LogP) is 5.62. The van der Waals surface area contributed by atoms with Gasteiger partial charge in [-0.25, -0.2) is 15.0 Å². The van der Waals surface area contributed by atoms with Gasteiger partial charge in [-0.3, -0.25) is 0 Å². The number of ether oxygens (including phenoxy) is 1. The van der Waals surface area contributed by atoms with Crippen LogP contribution in [0.2, 0.25) is 5.02 Å². The summed E-state index contributed by atoms with van der Waals surface area (Å²) in [5.74, 6) is 1.27. The molecule has 0 saturated carbocycles. The van der Waals surface area contributed by atoms with Gasteiger partial charge in [-0.2, -0.15) is 0 Å². The van der Waals surface area contributed by atoms with E-state index >= 15 is 0 Å². The Kier molecular flexibility index (Phi) is 7.62. The molecule has 7 nitrogen and oxygen atoms in total. The molecule has 3 heterocycles. The van der Waals surface area contributed by atoms with Gasteiger partial charge in [-0.15, -0.1) is 4.72 Å². The number of aromatic nitrogens is 3. The second-order valence-electron chi connectivity index (χ2n) is 10.6. The summed E-state index contributed by atoms with van der Waals surface area (Å²) >= 11 is 6.68. The van der Waals surface area contributed by atoms with Gasteiger partial charge in [0.15, 0.2) is 0 Å². The van der Waals surface area contributed by atoms with Crippen molar-refractivity contribution in [3.8, 4) is 5.88 Å². The van der Waals surface area contributed by atoms with Crippen molar-refractivity contribution in [2.45, 2.75) is 60.7 Å². The van der Waals surface area contributed by atoms with Crippen molar-refractivity contribution in [2.75, 3.05) is 25.1 Å². The number of nitrogens with one attached hydrogen (secondary N) is 1. The number of hydrogen-bond acceptors (Lipinski definition) is 8. The first kappa shape index (κ1) is 26.6. The largest absolute Gasteiger partial charge is 0.598 e. The summed E-state index contributed by atoms with van der Waals surface area (Å²) in [4.78, 5) is 16.6. The van der Waals surface area contributed by atoms with Crippen LogP contribution in [0.25, 0.3) is 0 Å². The first-order valence-corrected chi connectivity index (χ1v) is 14.7. The van der Waals surface area contributed by atoms with Crippen LogP contribution in [0.1, 0.15) is 50.8 Å². The van der Waals surface area contributed by atoms with Crippen LogP contribution in [0.15, 0.2) is 58.8 Å². The van der Waals surface area contributed by atoms with Crippen LogP contribution in [-0.2, 0) is 17.8 Å². The molecule has 0 bridgehead atoms. The minimum Gasteiger partial charge on any atom is -0.598 e. The Hall–Kier alpha value is -2.04. The lowest BCUT2D eigenvalue weighted by Gasteiger charge is -2.44.